The molecule has 0 atom stereocenters. The van der Waals surface area contributed by atoms with E-state index in [1.165, 1.54) is 12.8 Å². The first kappa shape index (κ1) is 15.3. The molecule has 4 aromatic rings. The number of nitrogens with zero attached hydrogens (tertiary/aromatic N) is 3. The molecule has 2 aromatic carbocycles. The highest BCUT2D eigenvalue weighted by Gasteiger charge is 2.28. The summed E-state index contributed by atoms with van der Waals surface area (Å²) in [7, 11) is 0. The van der Waals surface area contributed by atoms with Crippen molar-refractivity contribution in [1.82, 2.24) is 14.8 Å². The smallest absolute Gasteiger partial charge is 0.198 e. The molecule has 0 radical (unpaired) electrons. The molecule has 2 heterocycles. The Morgan fingerprint density at radius 1 is 1.04 bits per heavy atom. The molecular formula is C21H19N3O2. The van der Waals surface area contributed by atoms with Gasteiger partial charge in [0.15, 0.2) is 11.5 Å². The molecule has 0 amide bonds. The van der Waals surface area contributed by atoms with Crippen LogP contribution in [0.25, 0.3) is 33.5 Å². The maximum Gasteiger partial charge on any atom is 0.198 e. The van der Waals surface area contributed by atoms with Crippen LogP contribution in [0.4, 0.5) is 0 Å². The van der Waals surface area contributed by atoms with Gasteiger partial charge in [-0.25, -0.2) is 4.98 Å². The number of benzene rings is 2. The van der Waals surface area contributed by atoms with Gasteiger partial charge in [0.25, 0.3) is 0 Å². The molecular weight excluding hydrogens is 326 g/mol. The summed E-state index contributed by atoms with van der Waals surface area (Å²) >= 11 is 0. The van der Waals surface area contributed by atoms with E-state index in [0.29, 0.717) is 12.5 Å². The Hall–Kier alpha value is -2.92. The van der Waals surface area contributed by atoms with Crippen molar-refractivity contribution in [3.8, 4) is 22.4 Å². The van der Waals surface area contributed by atoms with Gasteiger partial charge in [-0.1, -0.05) is 24.3 Å². The molecule has 0 saturated heterocycles. The summed E-state index contributed by atoms with van der Waals surface area (Å²) < 4.78 is 7.61. The van der Waals surface area contributed by atoms with Gasteiger partial charge in [0.1, 0.15) is 5.52 Å². The lowest BCUT2D eigenvalue weighted by molar-refractivity contribution is 0.269. The summed E-state index contributed by atoms with van der Waals surface area (Å²) in [5.41, 5.74) is 5.97. The van der Waals surface area contributed by atoms with Crippen LogP contribution < -0.4 is 0 Å². The second-order valence-electron chi connectivity index (χ2n) is 6.78. The van der Waals surface area contributed by atoms with Crippen LogP contribution in [-0.4, -0.2) is 26.5 Å². The SMILES string of the molecule is OCCn1ccc(-c2cccc(-c3ccc4oc(C5CC5)nc4c3)c2)n1. The van der Waals surface area contributed by atoms with Crippen LogP contribution in [-0.2, 0) is 6.54 Å². The minimum Gasteiger partial charge on any atom is -0.440 e. The third-order valence-electron chi connectivity index (χ3n) is 4.79. The average Bonchev–Trinajstić information content (AvgIpc) is 3.26. The maximum absolute atomic E-state index is 9.04. The Morgan fingerprint density at radius 2 is 1.88 bits per heavy atom. The number of aliphatic hydroxyl groups is 1. The number of oxazole rings is 1. The molecule has 2 aromatic heterocycles. The lowest BCUT2D eigenvalue weighted by Gasteiger charge is -2.04. The molecule has 0 bridgehead atoms. The van der Waals surface area contributed by atoms with Gasteiger partial charge in [-0.15, -0.1) is 0 Å². The van der Waals surface area contributed by atoms with Gasteiger partial charge in [0.2, 0.25) is 0 Å². The van der Waals surface area contributed by atoms with Crippen LogP contribution in [0.1, 0.15) is 24.7 Å². The standard InChI is InChI=1S/C21H19N3O2/c25-11-10-24-9-8-18(23-24)17-3-1-2-15(12-17)16-6-7-20-19(13-16)22-21(26-20)14-4-5-14/h1-3,6-9,12-14,25H,4-5,10-11H2. The lowest BCUT2D eigenvalue weighted by atomic mass is 10.0. The van der Waals surface area contributed by atoms with E-state index in [1.807, 2.05) is 24.4 Å². The second kappa shape index (κ2) is 6.11. The van der Waals surface area contributed by atoms with Crippen LogP contribution in [0.15, 0.2) is 59.1 Å². The van der Waals surface area contributed by atoms with Crippen LogP contribution in [0, 0.1) is 0 Å². The van der Waals surface area contributed by atoms with Gasteiger partial charge in [0, 0.05) is 17.7 Å². The Morgan fingerprint density at radius 3 is 2.73 bits per heavy atom. The van der Waals surface area contributed by atoms with Crippen LogP contribution in [0.3, 0.4) is 0 Å². The quantitative estimate of drug-likeness (QED) is 0.588. The summed E-state index contributed by atoms with van der Waals surface area (Å²) in [5.74, 6) is 1.39. The first-order valence-electron chi connectivity index (χ1n) is 8.96. The Kier molecular flexibility index (Phi) is 3.60. The molecule has 130 valence electrons. The van der Waals surface area contributed by atoms with E-state index in [4.69, 9.17) is 9.52 Å². The molecule has 1 fully saturated rings. The van der Waals surface area contributed by atoms with E-state index in [1.54, 1.807) is 4.68 Å². The minimum atomic E-state index is 0.0850. The van der Waals surface area contributed by atoms with E-state index in [9.17, 15) is 0 Å². The number of aromatic nitrogens is 3. The number of hydrogen-bond donors (Lipinski definition) is 1. The summed E-state index contributed by atoms with van der Waals surface area (Å²) in [5, 5.41) is 13.6. The Bertz CT molecular complexity index is 1080. The molecule has 5 nitrogen and oxygen atoms in total. The zero-order valence-electron chi connectivity index (χ0n) is 14.3. The molecule has 1 N–H and O–H groups in total. The van der Waals surface area contributed by atoms with Gasteiger partial charge in [0.05, 0.1) is 18.8 Å². The van der Waals surface area contributed by atoms with Crippen molar-refractivity contribution in [2.45, 2.75) is 25.3 Å². The van der Waals surface area contributed by atoms with E-state index in [-0.39, 0.29) is 6.61 Å². The molecule has 0 unspecified atom stereocenters. The molecule has 0 spiro atoms. The number of aliphatic hydroxyl groups excluding tert-OH is 1. The van der Waals surface area contributed by atoms with E-state index >= 15 is 0 Å². The molecule has 1 aliphatic rings. The van der Waals surface area contributed by atoms with E-state index < -0.39 is 0 Å². The second-order valence-corrected chi connectivity index (χ2v) is 6.78. The molecule has 0 aliphatic heterocycles. The average molecular weight is 345 g/mol. The number of hydrogen-bond acceptors (Lipinski definition) is 4. The molecule has 5 rings (SSSR count). The Labute approximate surface area is 150 Å². The van der Waals surface area contributed by atoms with Crippen molar-refractivity contribution in [2.24, 2.45) is 0 Å². The fourth-order valence-corrected chi connectivity index (χ4v) is 3.23. The summed E-state index contributed by atoms with van der Waals surface area (Å²) in [6, 6.07) is 16.5. The van der Waals surface area contributed by atoms with Gasteiger partial charge < -0.3 is 9.52 Å². The fourth-order valence-electron chi connectivity index (χ4n) is 3.23. The monoisotopic (exact) mass is 345 g/mol. The highest BCUT2D eigenvalue weighted by Crippen LogP contribution is 2.41. The predicted molar refractivity (Wildman–Crippen MR) is 99.7 cm³/mol. The zero-order valence-corrected chi connectivity index (χ0v) is 14.3. The summed E-state index contributed by atoms with van der Waals surface area (Å²) in [6.45, 7) is 0.591. The van der Waals surface area contributed by atoms with Crippen molar-refractivity contribution in [3.63, 3.8) is 0 Å². The first-order chi connectivity index (χ1) is 12.8. The Balaban J connectivity index is 1.50. The number of fused-ring (bicyclic) bond motifs is 1. The first-order valence-corrected chi connectivity index (χ1v) is 8.96. The molecule has 26 heavy (non-hydrogen) atoms. The predicted octanol–water partition coefficient (Wildman–Crippen LogP) is 4.23. The van der Waals surface area contributed by atoms with Crippen molar-refractivity contribution in [3.05, 3.63) is 60.6 Å². The van der Waals surface area contributed by atoms with Crippen molar-refractivity contribution in [1.29, 1.82) is 0 Å². The fraction of sp³-hybridized carbons (Fsp3) is 0.238. The third kappa shape index (κ3) is 2.80. The normalized spacial score (nSPS) is 14.2. The summed E-state index contributed by atoms with van der Waals surface area (Å²) in [4.78, 5) is 4.66. The zero-order chi connectivity index (χ0) is 17.5. The van der Waals surface area contributed by atoms with Gasteiger partial charge >= 0.3 is 0 Å². The van der Waals surface area contributed by atoms with Gasteiger partial charge in [-0.05, 0) is 48.2 Å². The van der Waals surface area contributed by atoms with Gasteiger partial charge in [-0.3, -0.25) is 4.68 Å². The van der Waals surface area contributed by atoms with Crippen molar-refractivity contribution < 1.29 is 9.52 Å². The number of rotatable bonds is 5. The van der Waals surface area contributed by atoms with Crippen molar-refractivity contribution >= 4 is 11.1 Å². The molecule has 1 saturated carbocycles. The van der Waals surface area contributed by atoms with Crippen LogP contribution in [0.5, 0.6) is 0 Å². The minimum absolute atomic E-state index is 0.0850. The topological polar surface area (TPSA) is 64.1 Å². The van der Waals surface area contributed by atoms with Gasteiger partial charge in [-0.2, -0.15) is 5.10 Å². The van der Waals surface area contributed by atoms with E-state index in [0.717, 1.165) is 39.4 Å². The largest absolute Gasteiger partial charge is 0.440 e. The maximum atomic E-state index is 9.04. The lowest BCUT2D eigenvalue weighted by Crippen LogP contribution is -2.02. The highest BCUT2D eigenvalue weighted by atomic mass is 16.3. The molecule has 1 aliphatic carbocycles. The van der Waals surface area contributed by atoms with E-state index in [2.05, 4.69) is 40.4 Å². The molecule has 5 heteroatoms. The summed E-state index contributed by atoms with van der Waals surface area (Å²) in [6.07, 6.45) is 4.26. The highest BCUT2D eigenvalue weighted by molar-refractivity contribution is 5.81. The third-order valence-corrected chi connectivity index (χ3v) is 4.79. The van der Waals surface area contributed by atoms with Crippen molar-refractivity contribution in [2.75, 3.05) is 6.61 Å². The van der Waals surface area contributed by atoms with Crippen LogP contribution in [0.2, 0.25) is 0 Å². The van der Waals surface area contributed by atoms with Crippen LogP contribution >= 0.6 is 0 Å².